The first-order chi connectivity index (χ1) is 12.7. The highest BCUT2D eigenvalue weighted by molar-refractivity contribution is 5.91. The summed E-state index contributed by atoms with van der Waals surface area (Å²) in [5.41, 5.74) is 0. The lowest BCUT2D eigenvalue weighted by molar-refractivity contribution is -0.130. The average molecular weight is 363 g/mol. The second-order valence-electron chi connectivity index (χ2n) is 7.73. The molecule has 2 aliphatic heterocycles. The van der Waals surface area contributed by atoms with Crippen LogP contribution in [0.1, 0.15) is 67.3 Å². The van der Waals surface area contributed by atoms with Crippen molar-refractivity contribution in [3.05, 3.63) is 11.6 Å². The molecule has 1 aliphatic carbocycles. The molecule has 1 aromatic heterocycles. The van der Waals surface area contributed by atoms with Gasteiger partial charge in [-0.05, 0) is 25.2 Å². The zero-order valence-corrected chi connectivity index (χ0v) is 15.0. The van der Waals surface area contributed by atoms with Crippen LogP contribution in [0.25, 0.3) is 0 Å². The second kappa shape index (κ2) is 7.32. The fourth-order valence-electron chi connectivity index (χ4n) is 4.67. The Morgan fingerprint density at radius 3 is 2.69 bits per heavy atom. The van der Waals surface area contributed by atoms with Gasteiger partial charge in [-0.15, -0.1) is 10.2 Å². The molecule has 26 heavy (non-hydrogen) atoms. The molecule has 2 amide bonds. The lowest BCUT2D eigenvalue weighted by Crippen LogP contribution is -2.38. The monoisotopic (exact) mass is 363 g/mol. The smallest absolute Gasteiger partial charge is 0.289 e. The molecular formula is C18H26FN5O2. The lowest BCUT2D eigenvalue weighted by Gasteiger charge is -2.26. The number of halogens is 1. The maximum absolute atomic E-state index is 12.7. The summed E-state index contributed by atoms with van der Waals surface area (Å²) in [5.74, 6) is 1.32. The number of rotatable bonds is 4. The molecule has 0 radical (unpaired) electrons. The lowest BCUT2D eigenvalue weighted by atomic mass is 9.89. The van der Waals surface area contributed by atoms with E-state index in [0.717, 1.165) is 37.9 Å². The maximum atomic E-state index is 12.7. The normalized spacial score (nSPS) is 25.7. The van der Waals surface area contributed by atoms with Gasteiger partial charge >= 0.3 is 0 Å². The van der Waals surface area contributed by atoms with Gasteiger partial charge in [0.15, 0.2) is 0 Å². The first kappa shape index (κ1) is 17.4. The number of aromatic nitrogens is 3. The van der Waals surface area contributed by atoms with Gasteiger partial charge in [0.2, 0.25) is 11.7 Å². The standard InChI is InChI=1S/C18H26FN5O2/c19-8-6-15(25)23-10-12-7-9-24-16(14(12)11-23)21-22-17(24)18(26)20-13-4-2-1-3-5-13/h12-14H,1-11H2,(H,20,26)/t12-,14-/m1/s1. The zero-order valence-electron chi connectivity index (χ0n) is 15.0. The Labute approximate surface area is 152 Å². The number of carbonyl (C=O) groups excluding carboxylic acids is 2. The van der Waals surface area contributed by atoms with Crippen LogP contribution in [0.2, 0.25) is 0 Å². The van der Waals surface area contributed by atoms with E-state index in [4.69, 9.17) is 0 Å². The largest absolute Gasteiger partial charge is 0.347 e. The Hall–Kier alpha value is -1.99. The molecule has 1 saturated carbocycles. The van der Waals surface area contributed by atoms with Crippen LogP contribution in [0.15, 0.2) is 0 Å². The van der Waals surface area contributed by atoms with E-state index in [1.807, 2.05) is 4.57 Å². The molecule has 2 fully saturated rings. The molecule has 0 spiro atoms. The highest BCUT2D eigenvalue weighted by atomic mass is 19.1. The molecule has 3 aliphatic rings. The minimum Gasteiger partial charge on any atom is -0.347 e. The number of hydrogen-bond donors (Lipinski definition) is 1. The van der Waals surface area contributed by atoms with Crippen LogP contribution in [0, 0.1) is 5.92 Å². The van der Waals surface area contributed by atoms with Crippen LogP contribution in [-0.4, -0.2) is 57.3 Å². The van der Waals surface area contributed by atoms with Crippen molar-refractivity contribution < 1.29 is 14.0 Å². The molecule has 3 heterocycles. The van der Waals surface area contributed by atoms with Crippen LogP contribution < -0.4 is 5.32 Å². The highest BCUT2D eigenvalue weighted by Crippen LogP contribution is 2.38. The minimum absolute atomic E-state index is 0.0544. The van der Waals surface area contributed by atoms with Crippen LogP contribution >= 0.6 is 0 Å². The van der Waals surface area contributed by atoms with E-state index in [1.54, 1.807) is 4.90 Å². The summed E-state index contributed by atoms with van der Waals surface area (Å²) in [6.45, 7) is 1.28. The number of hydrogen-bond acceptors (Lipinski definition) is 4. The Balaban J connectivity index is 1.47. The van der Waals surface area contributed by atoms with E-state index in [0.29, 0.717) is 31.4 Å². The van der Waals surface area contributed by atoms with Crippen molar-refractivity contribution in [2.24, 2.45) is 5.92 Å². The van der Waals surface area contributed by atoms with Gasteiger partial charge in [0, 0.05) is 31.6 Å². The van der Waals surface area contributed by atoms with Crippen molar-refractivity contribution in [2.45, 2.75) is 63.5 Å². The average Bonchev–Trinajstić information content (AvgIpc) is 3.26. The van der Waals surface area contributed by atoms with Gasteiger partial charge in [-0.2, -0.15) is 0 Å². The van der Waals surface area contributed by atoms with E-state index < -0.39 is 6.67 Å². The molecule has 4 rings (SSSR count). The number of fused-ring (bicyclic) bond motifs is 3. The van der Waals surface area contributed by atoms with Gasteiger partial charge in [0.1, 0.15) is 5.82 Å². The summed E-state index contributed by atoms with van der Waals surface area (Å²) < 4.78 is 14.4. The third-order valence-electron chi connectivity index (χ3n) is 6.08. The molecular weight excluding hydrogens is 337 g/mol. The number of likely N-dealkylation sites (tertiary alicyclic amines) is 1. The quantitative estimate of drug-likeness (QED) is 0.882. The molecule has 1 N–H and O–H groups in total. The summed E-state index contributed by atoms with van der Waals surface area (Å²) in [5, 5.41) is 11.6. The third-order valence-corrected chi connectivity index (χ3v) is 6.08. The van der Waals surface area contributed by atoms with E-state index in [9.17, 15) is 14.0 Å². The van der Waals surface area contributed by atoms with Crippen molar-refractivity contribution in [3.63, 3.8) is 0 Å². The van der Waals surface area contributed by atoms with Gasteiger partial charge in [-0.1, -0.05) is 19.3 Å². The number of nitrogens with one attached hydrogen (secondary N) is 1. The van der Waals surface area contributed by atoms with Crippen molar-refractivity contribution in [1.29, 1.82) is 0 Å². The van der Waals surface area contributed by atoms with E-state index in [-0.39, 0.29) is 30.2 Å². The van der Waals surface area contributed by atoms with E-state index >= 15 is 0 Å². The summed E-state index contributed by atoms with van der Waals surface area (Å²) in [6, 6.07) is 0.237. The Kier molecular flexibility index (Phi) is 4.91. The molecule has 7 nitrogen and oxygen atoms in total. The topological polar surface area (TPSA) is 80.1 Å². The van der Waals surface area contributed by atoms with Crippen LogP contribution in [0.5, 0.6) is 0 Å². The SMILES string of the molecule is O=C(NC1CCCCC1)c1nnc2n1CC[C@@H]1CN(C(=O)CCF)C[C@@H]21. The predicted molar refractivity (Wildman–Crippen MR) is 92.4 cm³/mol. The summed E-state index contributed by atoms with van der Waals surface area (Å²) in [7, 11) is 0. The molecule has 2 atom stereocenters. The van der Waals surface area contributed by atoms with Crippen molar-refractivity contribution in [2.75, 3.05) is 19.8 Å². The molecule has 0 unspecified atom stereocenters. The number of nitrogens with zero attached hydrogens (tertiary/aromatic N) is 4. The summed E-state index contributed by atoms with van der Waals surface area (Å²) in [6.07, 6.45) is 6.46. The molecule has 142 valence electrons. The highest BCUT2D eigenvalue weighted by Gasteiger charge is 2.42. The first-order valence-corrected chi connectivity index (χ1v) is 9.75. The molecule has 0 bridgehead atoms. The van der Waals surface area contributed by atoms with E-state index in [2.05, 4.69) is 15.5 Å². The third kappa shape index (κ3) is 3.21. The van der Waals surface area contributed by atoms with Crippen molar-refractivity contribution in [3.8, 4) is 0 Å². The molecule has 0 aromatic carbocycles. The Morgan fingerprint density at radius 2 is 1.92 bits per heavy atom. The van der Waals surface area contributed by atoms with Crippen LogP contribution in [0.4, 0.5) is 4.39 Å². The van der Waals surface area contributed by atoms with Gasteiger partial charge in [-0.25, -0.2) is 0 Å². The van der Waals surface area contributed by atoms with Crippen LogP contribution in [0.3, 0.4) is 0 Å². The van der Waals surface area contributed by atoms with Gasteiger partial charge < -0.3 is 14.8 Å². The fourth-order valence-corrected chi connectivity index (χ4v) is 4.67. The summed E-state index contributed by atoms with van der Waals surface area (Å²) >= 11 is 0. The number of amides is 2. The first-order valence-electron chi connectivity index (χ1n) is 9.75. The number of alkyl halides is 1. The van der Waals surface area contributed by atoms with Gasteiger partial charge in [-0.3, -0.25) is 14.0 Å². The van der Waals surface area contributed by atoms with Gasteiger partial charge in [0.05, 0.1) is 13.1 Å². The molecule has 1 aromatic rings. The summed E-state index contributed by atoms with van der Waals surface area (Å²) in [4.78, 5) is 26.4. The second-order valence-corrected chi connectivity index (χ2v) is 7.73. The van der Waals surface area contributed by atoms with Crippen LogP contribution in [-0.2, 0) is 11.3 Å². The van der Waals surface area contributed by atoms with Crippen molar-refractivity contribution in [1.82, 2.24) is 25.0 Å². The molecule has 8 heteroatoms. The Morgan fingerprint density at radius 1 is 1.12 bits per heavy atom. The maximum Gasteiger partial charge on any atom is 0.289 e. The van der Waals surface area contributed by atoms with Gasteiger partial charge in [0.25, 0.3) is 5.91 Å². The number of carbonyl (C=O) groups is 2. The molecule has 1 saturated heterocycles. The van der Waals surface area contributed by atoms with E-state index in [1.165, 1.54) is 6.42 Å². The Bertz CT molecular complexity index is 685. The predicted octanol–water partition coefficient (Wildman–Crippen LogP) is 1.65. The van der Waals surface area contributed by atoms with Crippen molar-refractivity contribution >= 4 is 11.8 Å². The zero-order chi connectivity index (χ0) is 18.1. The fraction of sp³-hybridized carbons (Fsp3) is 0.778. The minimum atomic E-state index is -0.619.